The number of ketones is 1. The van der Waals surface area contributed by atoms with Gasteiger partial charge in [0.2, 0.25) is 0 Å². The minimum absolute atomic E-state index is 0.312. The molecule has 0 saturated heterocycles. The van der Waals surface area contributed by atoms with E-state index in [1.54, 1.807) is 40.8 Å². The zero-order valence-electron chi connectivity index (χ0n) is 7.78. The van der Waals surface area contributed by atoms with Crippen LogP contribution in [0.5, 0.6) is 0 Å². The lowest BCUT2D eigenvalue weighted by molar-refractivity contribution is 0.101. The summed E-state index contributed by atoms with van der Waals surface area (Å²) in [6, 6.07) is 6.24. The second kappa shape index (κ2) is 4.80. The topological polar surface area (TPSA) is 51.2 Å². The van der Waals surface area contributed by atoms with Crippen molar-refractivity contribution in [3.05, 3.63) is 34.9 Å². The van der Waals surface area contributed by atoms with Gasteiger partial charge in [-0.2, -0.15) is 0 Å². The van der Waals surface area contributed by atoms with Crippen molar-refractivity contribution in [1.29, 1.82) is 0 Å². The Bertz CT molecular complexity index is 484. The predicted octanol–water partition coefficient (Wildman–Crippen LogP) is 2.33. The Kier molecular flexibility index (Phi) is 4.13. The van der Waals surface area contributed by atoms with Gasteiger partial charge in [0.1, 0.15) is 0 Å². The number of carbonyl (C=O) groups excluding carboxylic acids is 1. The maximum atomic E-state index is 11.7. The van der Waals surface area contributed by atoms with E-state index in [1.807, 2.05) is 0 Å². The normalized spacial score (nSPS) is 13.5. The van der Waals surface area contributed by atoms with E-state index in [4.69, 9.17) is 11.6 Å². The molecule has 15 heavy (non-hydrogen) atoms. The SMILES string of the molecule is CS(=O)(=O)C(I)C(=O)c1cccc(Cl)c1. The van der Waals surface area contributed by atoms with E-state index in [-0.39, 0.29) is 0 Å². The molecule has 82 valence electrons. The minimum atomic E-state index is -3.37. The Labute approximate surface area is 107 Å². The third kappa shape index (κ3) is 3.42. The van der Waals surface area contributed by atoms with Gasteiger partial charge in [-0.05, 0) is 12.1 Å². The Hall–Kier alpha value is -0.140. The summed E-state index contributed by atoms with van der Waals surface area (Å²) in [5, 5.41) is 0.415. The van der Waals surface area contributed by atoms with Gasteiger partial charge in [0, 0.05) is 16.8 Å². The minimum Gasteiger partial charge on any atom is -0.292 e. The predicted molar refractivity (Wildman–Crippen MR) is 68.4 cm³/mol. The first kappa shape index (κ1) is 12.9. The summed E-state index contributed by atoms with van der Waals surface area (Å²) in [5.74, 6) is -0.444. The van der Waals surface area contributed by atoms with Gasteiger partial charge in [0.15, 0.2) is 18.9 Å². The maximum absolute atomic E-state index is 11.7. The van der Waals surface area contributed by atoms with Crippen LogP contribution in [0.25, 0.3) is 0 Å². The third-order valence-electron chi connectivity index (χ3n) is 1.69. The third-order valence-corrected chi connectivity index (χ3v) is 6.23. The van der Waals surface area contributed by atoms with Crippen LogP contribution in [0.1, 0.15) is 10.4 Å². The number of Topliss-reactive ketones (excluding diaryl/α,β-unsaturated/α-hetero) is 1. The van der Waals surface area contributed by atoms with Crippen LogP contribution in [0.4, 0.5) is 0 Å². The van der Waals surface area contributed by atoms with Gasteiger partial charge in [-0.1, -0.05) is 46.3 Å². The summed E-state index contributed by atoms with van der Waals surface area (Å²) in [4.78, 5) is 11.7. The molecule has 0 N–H and O–H groups in total. The summed E-state index contributed by atoms with van der Waals surface area (Å²) in [7, 11) is -3.37. The lowest BCUT2D eigenvalue weighted by Gasteiger charge is -2.06. The van der Waals surface area contributed by atoms with Crippen molar-refractivity contribution in [2.45, 2.75) is 3.26 Å². The van der Waals surface area contributed by atoms with Crippen molar-refractivity contribution in [2.75, 3.05) is 6.26 Å². The summed E-state index contributed by atoms with van der Waals surface area (Å²) in [5.41, 5.74) is 0.312. The maximum Gasteiger partial charge on any atom is 0.190 e. The highest BCUT2D eigenvalue weighted by molar-refractivity contribution is 14.1. The highest BCUT2D eigenvalue weighted by Crippen LogP contribution is 2.18. The lowest BCUT2D eigenvalue weighted by atomic mass is 10.1. The van der Waals surface area contributed by atoms with Gasteiger partial charge in [-0.25, -0.2) is 8.42 Å². The standard InChI is InChI=1S/C9H8ClIO3S/c1-15(13,14)9(11)8(12)6-3-2-4-7(10)5-6/h2-5,9H,1H3. The Morgan fingerprint density at radius 3 is 2.53 bits per heavy atom. The van der Waals surface area contributed by atoms with E-state index in [2.05, 4.69) is 0 Å². The zero-order valence-corrected chi connectivity index (χ0v) is 11.5. The molecule has 1 unspecified atom stereocenters. The molecule has 0 aliphatic carbocycles. The monoisotopic (exact) mass is 358 g/mol. The van der Waals surface area contributed by atoms with Crippen LogP contribution >= 0.6 is 34.2 Å². The van der Waals surface area contributed by atoms with Gasteiger partial charge in [-0.3, -0.25) is 4.79 Å². The van der Waals surface area contributed by atoms with Crippen LogP contribution in [-0.2, 0) is 9.84 Å². The second-order valence-corrected chi connectivity index (χ2v) is 7.68. The fourth-order valence-electron chi connectivity index (χ4n) is 0.967. The average molecular weight is 359 g/mol. The Balaban J connectivity index is 3.06. The Morgan fingerprint density at radius 2 is 2.07 bits per heavy atom. The largest absolute Gasteiger partial charge is 0.292 e. The van der Waals surface area contributed by atoms with Gasteiger partial charge in [0.05, 0.1) is 0 Å². The van der Waals surface area contributed by atoms with Crippen molar-refractivity contribution in [1.82, 2.24) is 0 Å². The number of benzene rings is 1. The van der Waals surface area contributed by atoms with Gasteiger partial charge < -0.3 is 0 Å². The van der Waals surface area contributed by atoms with E-state index in [0.717, 1.165) is 6.26 Å². The summed E-state index contributed by atoms with van der Waals surface area (Å²) < 4.78 is 21.3. The number of carbonyl (C=O) groups is 1. The number of hydrogen-bond donors (Lipinski definition) is 0. The molecule has 0 aliphatic heterocycles. The number of hydrogen-bond acceptors (Lipinski definition) is 3. The molecule has 1 aromatic carbocycles. The van der Waals surface area contributed by atoms with Crippen LogP contribution in [0.15, 0.2) is 24.3 Å². The molecule has 0 saturated carbocycles. The van der Waals surface area contributed by atoms with E-state index < -0.39 is 18.9 Å². The molecule has 1 atom stereocenters. The molecule has 1 aromatic rings. The zero-order chi connectivity index (χ0) is 11.6. The molecule has 0 spiro atoms. The molecule has 0 heterocycles. The highest BCUT2D eigenvalue weighted by atomic mass is 127. The second-order valence-electron chi connectivity index (χ2n) is 3.02. The molecule has 0 aliphatic rings. The van der Waals surface area contributed by atoms with Crippen molar-refractivity contribution < 1.29 is 13.2 Å². The molecule has 0 radical (unpaired) electrons. The smallest absolute Gasteiger partial charge is 0.190 e. The first-order valence-electron chi connectivity index (χ1n) is 3.95. The van der Waals surface area contributed by atoms with Crippen LogP contribution in [0.2, 0.25) is 5.02 Å². The number of alkyl halides is 1. The molecule has 0 amide bonds. The van der Waals surface area contributed by atoms with Crippen molar-refractivity contribution in [3.63, 3.8) is 0 Å². The summed E-state index contributed by atoms with van der Waals surface area (Å²) >= 11 is 7.31. The van der Waals surface area contributed by atoms with Crippen LogP contribution in [0.3, 0.4) is 0 Å². The highest BCUT2D eigenvalue weighted by Gasteiger charge is 2.26. The van der Waals surface area contributed by atoms with E-state index in [0.29, 0.717) is 10.6 Å². The van der Waals surface area contributed by atoms with E-state index in [1.165, 1.54) is 6.07 Å². The molecular weight excluding hydrogens is 351 g/mol. The molecule has 0 bridgehead atoms. The van der Waals surface area contributed by atoms with Crippen molar-refractivity contribution in [2.24, 2.45) is 0 Å². The van der Waals surface area contributed by atoms with Gasteiger partial charge >= 0.3 is 0 Å². The van der Waals surface area contributed by atoms with E-state index >= 15 is 0 Å². The molecule has 0 fully saturated rings. The molecule has 0 aromatic heterocycles. The first-order chi connectivity index (χ1) is 6.82. The fourth-order valence-corrected chi connectivity index (χ4v) is 2.04. The molecular formula is C9H8ClIO3S. The first-order valence-corrected chi connectivity index (χ1v) is 7.53. The quantitative estimate of drug-likeness (QED) is 0.473. The van der Waals surface area contributed by atoms with Crippen LogP contribution < -0.4 is 0 Å². The lowest BCUT2D eigenvalue weighted by Crippen LogP contribution is -2.23. The van der Waals surface area contributed by atoms with Crippen LogP contribution in [-0.4, -0.2) is 23.7 Å². The van der Waals surface area contributed by atoms with Crippen molar-refractivity contribution in [3.8, 4) is 0 Å². The van der Waals surface area contributed by atoms with Crippen molar-refractivity contribution >= 4 is 49.8 Å². The average Bonchev–Trinajstić information content (AvgIpc) is 2.14. The van der Waals surface area contributed by atoms with Gasteiger partial charge in [0.25, 0.3) is 0 Å². The summed E-state index contributed by atoms with van der Waals surface area (Å²) in [6.07, 6.45) is 1.03. The number of sulfone groups is 1. The molecule has 6 heteroatoms. The Morgan fingerprint density at radius 1 is 1.47 bits per heavy atom. The molecule has 3 nitrogen and oxygen atoms in total. The van der Waals surface area contributed by atoms with E-state index in [9.17, 15) is 13.2 Å². The van der Waals surface area contributed by atoms with Crippen LogP contribution in [0, 0.1) is 0 Å². The van der Waals surface area contributed by atoms with Gasteiger partial charge in [-0.15, -0.1) is 0 Å². The number of rotatable bonds is 3. The summed E-state index contributed by atoms with van der Waals surface area (Å²) in [6.45, 7) is 0. The number of halogens is 2. The molecule has 1 rings (SSSR count). The fraction of sp³-hybridized carbons (Fsp3) is 0.222.